The summed E-state index contributed by atoms with van der Waals surface area (Å²) in [6.07, 6.45) is 1.49. The lowest BCUT2D eigenvalue weighted by Crippen LogP contribution is -2.49. The van der Waals surface area contributed by atoms with Crippen molar-refractivity contribution < 1.29 is 9.90 Å². The first kappa shape index (κ1) is 14.7. The van der Waals surface area contributed by atoms with Crippen LogP contribution < -0.4 is 11.5 Å². The molecule has 4 nitrogen and oxygen atoms in total. The molecule has 0 aliphatic heterocycles. The number of hydrogen-bond donors (Lipinski definition) is 3. The molecule has 90 valence electrons. The second kappa shape index (κ2) is 7.09. The molecular formula is C10H22N2O2S. The molecule has 0 saturated carbocycles. The maximum atomic E-state index is 10.9. The van der Waals surface area contributed by atoms with Crippen molar-refractivity contribution in [2.75, 3.05) is 18.1 Å². The van der Waals surface area contributed by atoms with E-state index in [0.29, 0.717) is 12.3 Å². The summed E-state index contributed by atoms with van der Waals surface area (Å²) in [5, 5.41) is 8.80. The molecule has 2 unspecified atom stereocenters. The molecule has 0 bridgehead atoms. The molecule has 1 amide bonds. The number of aliphatic hydroxyl groups excluding tert-OH is 1. The minimum Gasteiger partial charge on any atom is -0.396 e. The van der Waals surface area contributed by atoms with Crippen molar-refractivity contribution in [2.45, 2.75) is 32.2 Å². The summed E-state index contributed by atoms with van der Waals surface area (Å²) < 4.78 is 0. The van der Waals surface area contributed by atoms with E-state index in [1.54, 1.807) is 18.7 Å². The van der Waals surface area contributed by atoms with Crippen LogP contribution in [0.15, 0.2) is 0 Å². The van der Waals surface area contributed by atoms with Crippen LogP contribution in [0.3, 0.4) is 0 Å². The lowest BCUT2D eigenvalue weighted by Gasteiger charge is -2.19. The van der Waals surface area contributed by atoms with Crippen LogP contribution >= 0.6 is 11.8 Å². The van der Waals surface area contributed by atoms with Gasteiger partial charge in [-0.3, -0.25) is 4.79 Å². The molecule has 0 spiro atoms. The van der Waals surface area contributed by atoms with E-state index in [1.165, 1.54) is 0 Å². The fraction of sp³-hybridized carbons (Fsp3) is 0.900. The Morgan fingerprint density at radius 1 is 1.60 bits per heavy atom. The van der Waals surface area contributed by atoms with E-state index in [2.05, 4.69) is 0 Å². The van der Waals surface area contributed by atoms with Crippen LogP contribution in [0.1, 0.15) is 26.7 Å². The van der Waals surface area contributed by atoms with Crippen LogP contribution in [0.5, 0.6) is 0 Å². The van der Waals surface area contributed by atoms with Crippen molar-refractivity contribution in [3.05, 3.63) is 0 Å². The molecule has 0 aliphatic rings. The predicted molar refractivity (Wildman–Crippen MR) is 64.6 cm³/mol. The Balaban J connectivity index is 3.51. The second-order valence-electron chi connectivity index (χ2n) is 4.25. The molecule has 2 atom stereocenters. The molecular weight excluding hydrogens is 212 g/mol. The molecule has 0 aromatic rings. The van der Waals surface area contributed by atoms with Gasteiger partial charge in [-0.2, -0.15) is 11.8 Å². The fourth-order valence-corrected chi connectivity index (χ4v) is 2.02. The summed E-state index contributed by atoms with van der Waals surface area (Å²) in [7, 11) is 0. The van der Waals surface area contributed by atoms with Crippen LogP contribution in [0.25, 0.3) is 0 Å². The Kier molecular flexibility index (Phi) is 6.96. The van der Waals surface area contributed by atoms with E-state index in [0.717, 1.165) is 17.9 Å². The van der Waals surface area contributed by atoms with Crippen molar-refractivity contribution in [3.63, 3.8) is 0 Å². The summed E-state index contributed by atoms with van der Waals surface area (Å²) in [6, 6.07) is 0. The molecule has 0 saturated heterocycles. The molecule has 0 rings (SSSR count). The first-order valence-electron chi connectivity index (χ1n) is 5.17. The highest BCUT2D eigenvalue weighted by molar-refractivity contribution is 7.99. The minimum atomic E-state index is -0.886. The maximum absolute atomic E-state index is 10.9. The minimum absolute atomic E-state index is 0.225. The van der Waals surface area contributed by atoms with Gasteiger partial charge in [0.15, 0.2) is 0 Å². The number of carbonyl (C=O) groups is 1. The molecule has 5 N–H and O–H groups in total. The van der Waals surface area contributed by atoms with Gasteiger partial charge in [0.2, 0.25) is 5.91 Å². The molecule has 0 aromatic carbocycles. The van der Waals surface area contributed by atoms with E-state index < -0.39 is 11.4 Å². The molecule has 0 fully saturated rings. The van der Waals surface area contributed by atoms with Crippen LogP contribution in [0.2, 0.25) is 0 Å². The standard InChI is InChI=1S/C10H22N2O2S/c1-8(6-13)7-15-5-3-4-10(2,12)9(11)14/h8,13H,3-7,12H2,1-2H3,(H2,11,14). The average molecular weight is 234 g/mol. The number of thioether (sulfide) groups is 1. The lowest BCUT2D eigenvalue weighted by atomic mass is 9.97. The van der Waals surface area contributed by atoms with Crippen molar-refractivity contribution in [2.24, 2.45) is 17.4 Å². The van der Waals surface area contributed by atoms with Crippen LogP contribution in [0, 0.1) is 5.92 Å². The highest BCUT2D eigenvalue weighted by atomic mass is 32.2. The zero-order valence-electron chi connectivity index (χ0n) is 9.53. The number of carbonyl (C=O) groups excluding carboxylic acids is 1. The molecule has 0 heterocycles. The van der Waals surface area contributed by atoms with Gasteiger partial charge < -0.3 is 16.6 Å². The molecule has 0 aliphatic carbocycles. The Morgan fingerprint density at radius 2 is 2.20 bits per heavy atom. The zero-order valence-corrected chi connectivity index (χ0v) is 10.3. The maximum Gasteiger partial charge on any atom is 0.237 e. The largest absolute Gasteiger partial charge is 0.396 e. The molecule has 0 aromatic heterocycles. The Hall–Kier alpha value is -0.260. The van der Waals surface area contributed by atoms with Gasteiger partial charge >= 0.3 is 0 Å². The van der Waals surface area contributed by atoms with Gasteiger partial charge in [-0.15, -0.1) is 0 Å². The van der Waals surface area contributed by atoms with Crippen molar-refractivity contribution in [1.82, 2.24) is 0 Å². The van der Waals surface area contributed by atoms with Crippen molar-refractivity contribution >= 4 is 17.7 Å². The van der Waals surface area contributed by atoms with Gasteiger partial charge in [0.25, 0.3) is 0 Å². The number of hydrogen-bond acceptors (Lipinski definition) is 4. The highest BCUT2D eigenvalue weighted by Gasteiger charge is 2.24. The van der Waals surface area contributed by atoms with Gasteiger partial charge in [0, 0.05) is 6.61 Å². The third kappa shape index (κ3) is 6.76. The molecule has 0 radical (unpaired) electrons. The number of rotatable bonds is 8. The highest BCUT2D eigenvalue weighted by Crippen LogP contribution is 2.14. The summed E-state index contributed by atoms with van der Waals surface area (Å²) in [5.74, 6) is 1.77. The summed E-state index contributed by atoms with van der Waals surface area (Å²) in [5.41, 5.74) is 9.97. The third-order valence-corrected chi connectivity index (χ3v) is 3.64. The normalized spacial score (nSPS) is 17.1. The van der Waals surface area contributed by atoms with E-state index in [1.807, 2.05) is 6.92 Å². The smallest absolute Gasteiger partial charge is 0.237 e. The van der Waals surface area contributed by atoms with Crippen LogP contribution in [0.4, 0.5) is 0 Å². The Bertz CT molecular complexity index is 198. The first-order valence-corrected chi connectivity index (χ1v) is 6.33. The number of primary amides is 1. The van der Waals surface area contributed by atoms with E-state index in [-0.39, 0.29) is 6.61 Å². The summed E-state index contributed by atoms with van der Waals surface area (Å²) in [4.78, 5) is 10.9. The van der Waals surface area contributed by atoms with E-state index >= 15 is 0 Å². The quantitative estimate of drug-likeness (QED) is 0.528. The summed E-state index contributed by atoms with van der Waals surface area (Å²) in [6.45, 7) is 3.89. The topological polar surface area (TPSA) is 89.3 Å². The van der Waals surface area contributed by atoms with Gasteiger partial charge in [0.1, 0.15) is 0 Å². The van der Waals surface area contributed by atoms with E-state index in [9.17, 15) is 4.79 Å². The number of amides is 1. The number of nitrogens with two attached hydrogens (primary N) is 2. The van der Waals surface area contributed by atoms with Crippen molar-refractivity contribution in [3.8, 4) is 0 Å². The third-order valence-electron chi connectivity index (χ3n) is 2.26. The monoisotopic (exact) mass is 234 g/mol. The first-order chi connectivity index (χ1) is 6.90. The van der Waals surface area contributed by atoms with Gasteiger partial charge in [-0.1, -0.05) is 6.92 Å². The van der Waals surface area contributed by atoms with Crippen LogP contribution in [-0.4, -0.2) is 34.7 Å². The Labute approximate surface area is 95.8 Å². The molecule has 5 heteroatoms. The Morgan fingerprint density at radius 3 is 2.67 bits per heavy atom. The van der Waals surface area contributed by atoms with E-state index in [4.69, 9.17) is 16.6 Å². The van der Waals surface area contributed by atoms with Gasteiger partial charge in [0.05, 0.1) is 5.54 Å². The fourth-order valence-electron chi connectivity index (χ4n) is 1.00. The van der Waals surface area contributed by atoms with Gasteiger partial charge in [-0.05, 0) is 37.2 Å². The summed E-state index contributed by atoms with van der Waals surface area (Å²) >= 11 is 1.77. The lowest BCUT2D eigenvalue weighted by molar-refractivity contribution is -0.122. The SMILES string of the molecule is CC(CO)CSCCCC(C)(N)C(N)=O. The van der Waals surface area contributed by atoms with Gasteiger partial charge in [-0.25, -0.2) is 0 Å². The molecule has 15 heavy (non-hydrogen) atoms. The number of aliphatic hydroxyl groups is 1. The zero-order chi connectivity index (χ0) is 11.9. The average Bonchev–Trinajstić information content (AvgIpc) is 2.16. The van der Waals surface area contributed by atoms with Crippen LogP contribution in [-0.2, 0) is 4.79 Å². The van der Waals surface area contributed by atoms with Crippen molar-refractivity contribution in [1.29, 1.82) is 0 Å². The predicted octanol–water partition coefficient (Wildman–Crippen LogP) is 0.331. The second-order valence-corrected chi connectivity index (χ2v) is 5.40.